The van der Waals surface area contributed by atoms with Crippen LogP contribution in [0.5, 0.6) is 0 Å². The molecule has 3 rings (SSSR count). The fourth-order valence-electron chi connectivity index (χ4n) is 2.62. The average molecular weight is 291 g/mol. The quantitative estimate of drug-likeness (QED) is 0.894. The smallest absolute Gasteiger partial charge is 0.240 e. The molecule has 0 saturated carbocycles. The van der Waals surface area contributed by atoms with E-state index in [1.165, 1.54) is 0 Å². The first-order valence-electron chi connectivity index (χ1n) is 7.34. The molecule has 0 bridgehead atoms. The molecule has 2 aromatic heterocycles. The zero-order valence-electron chi connectivity index (χ0n) is 12.7. The summed E-state index contributed by atoms with van der Waals surface area (Å²) in [5, 5.41) is 11.7. The summed E-state index contributed by atoms with van der Waals surface area (Å²) in [7, 11) is 1.95. The summed E-state index contributed by atoms with van der Waals surface area (Å²) in [4.78, 5) is 4.31. The summed E-state index contributed by atoms with van der Waals surface area (Å²) in [6.45, 7) is 5.39. The second-order valence-electron chi connectivity index (χ2n) is 5.33. The van der Waals surface area contributed by atoms with Crippen molar-refractivity contribution in [3.8, 4) is 0 Å². The Hall–Kier alpha value is -1.73. The molecular weight excluding hydrogens is 270 g/mol. The van der Waals surface area contributed by atoms with Crippen LogP contribution in [0, 0.1) is 6.92 Å². The van der Waals surface area contributed by atoms with Crippen LogP contribution in [0.4, 0.5) is 0 Å². The molecule has 7 heteroatoms. The van der Waals surface area contributed by atoms with Crippen molar-refractivity contribution in [3.05, 3.63) is 29.2 Å². The van der Waals surface area contributed by atoms with Crippen LogP contribution in [-0.4, -0.2) is 32.6 Å². The number of rotatable bonds is 5. The van der Waals surface area contributed by atoms with Gasteiger partial charge in [-0.2, -0.15) is 10.1 Å². The van der Waals surface area contributed by atoms with Crippen LogP contribution in [0.3, 0.4) is 0 Å². The third-order valence-electron chi connectivity index (χ3n) is 4.01. The van der Waals surface area contributed by atoms with Crippen molar-refractivity contribution in [1.82, 2.24) is 25.2 Å². The van der Waals surface area contributed by atoms with Crippen molar-refractivity contribution in [2.75, 3.05) is 6.61 Å². The molecule has 7 nitrogen and oxygen atoms in total. The van der Waals surface area contributed by atoms with Gasteiger partial charge in [0.2, 0.25) is 5.89 Å². The fraction of sp³-hybridized carbons (Fsp3) is 0.643. The molecule has 1 aliphatic rings. The number of hydrogen-bond donors (Lipinski definition) is 1. The third kappa shape index (κ3) is 2.84. The first-order chi connectivity index (χ1) is 10.2. The normalized spacial score (nSPS) is 22.0. The maximum Gasteiger partial charge on any atom is 0.240 e. The van der Waals surface area contributed by atoms with Gasteiger partial charge in [0, 0.05) is 37.4 Å². The van der Waals surface area contributed by atoms with Gasteiger partial charge in [0.25, 0.3) is 0 Å². The first kappa shape index (κ1) is 14.2. The SMILES string of the molecule is CCc1noc(CN[C@H]2CCO[C@@H]2c2cnn(C)c2C)n1. The number of aromatic nitrogens is 4. The topological polar surface area (TPSA) is 78.0 Å². The Morgan fingerprint density at radius 1 is 1.48 bits per heavy atom. The van der Waals surface area contributed by atoms with Crippen LogP contribution in [0.1, 0.15) is 42.4 Å². The monoisotopic (exact) mass is 291 g/mol. The molecule has 0 amide bonds. The second kappa shape index (κ2) is 5.95. The molecule has 1 saturated heterocycles. The van der Waals surface area contributed by atoms with Gasteiger partial charge in [0.05, 0.1) is 12.7 Å². The molecule has 0 spiro atoms. The van der Waals surface area contributed by atoms with Crippen molar-refractivity contribution in [3.63, 3.8) is 0 Å². The molecule has 114 valence electrons. The Morgan fingerprint density at radius 3 is 3.00 bits per heavy atom. The Bertz CT molecular complexity index is 606. The van der Waals surface area contributed by atoms with Crippen molar-refractivity contribution < 1.29 is 9.26 Å². The molecule has 0 unspecified atom stereocenters. The minimum Gasteiger partial charge on any atom is -0.372 e. The summed E-state index contributed by atoms with van der Waals surface area (Å²) in [5.41, 5.74) is 2.28. The van der Waals surface area contributed by atoms with Crippen LogP contribution >= 0.6 is 0 Å². The largest absolute Gasteiger partial charge is 0.372 e. The lowest BCUT2D eigenvalue weighted by Gasteiger charge is -2.19. The van der Waals surface area contributed by atoms with Gasteiger partial charge < -0.3 is 14.6 Å². The van der Waals surface area contributed by atoms with Gasteiger partial charge in [0.1, 0.15) is 6.10 Å². The van der Waals surface area contributed by atoms with Crippen LogP contribution in [0.25, 0.3) is 0 Å². The van der Waals surface area contributed by atoms with E-state index in [1.54, 1.807) is 0 Å². The van der Waals surface area contributed by atoms with Crippen molar-refractivity contribution in [2.45, 2.75) is 45.4 Å². The highest BCUT2D eigenvalue weighted by Gasteiger charge is 2.31. The number of nitrogens with one attached hydrogen (secondary N) is 1. The lowest BCUT2D eigenvalue weighted by Crippen LogP contribution is -2.31. The number of hydrogen-bond acceptors (Lipinski definition) is 6. The predicted octanol–water partition coefficient (Wildman–Crippen LogP) is 1.29. The predicted molar refractivity (Wildman–Crippen MR) is 75.6 cm³/mol. The lowest BCUT2D eigenvalue weighted by molar-refractivity contribution is 0.0973. The first-order valence-corrected chi connectivity index (χ1v) is 7.34. The lowest BCUT2D eigenvalue weighted by atomic mass is 10.0. The van der Waals surface area contributed by atoms with Crippen molar-refractivity contribution in [1.29, 1.82) is 0 Å². The van der Waals surface area contributed by atoms with Crippen LogP contribution in [0.2, 0.25) is 0 Å². The van der Waals surface area contributed by atoms with E-state index in [4.69, 9.17) is 9.26 Å². The average Bonchev–Trinajstić information content (AvgIpc) is 3.19. The Labute approximate surface area is 123 Å². The minimum absolute atomic E-state index is 0.0345. The highest BCUT2D eigenvalue weighted by atomic mass is 16.5. The Balaban J connectivity index is 1.65. The maximum atomic E-state index is 5.88. The summed E-state index contributed by atoms with van der Waals surface area (Å²) >= 11 is 0. The van der Waals surface area contributed by atoms with E-state index in [0.717, 1.165) is 36.5 Å². The van der Waals surface area contributed by atoms with Gasteiger partial charge in [0.15, 0.2) is 5.82 Å². The van der Waals surface area contributed by atoms with Gasteiger partial charge in [-0.05, 0) is 13.3 Å². The third-order valence-corrected chi connectivity index (χ3v) is 4.01. The molecule has 21 heavy (non-hydrogen) atoms. The molecule has 3 heterocycles. The van der Waals surface area contributed by atoms with E-state index in [1.807, 2.05) is 24.9 Å². The van der Waals surface area contributed by atoms with E-state index in [-0.39, 0.29) is 12.1 Å². The molecule has 1 aliphatic heterocycles. The minimum atomic E-state index is 0.0345. The van der Waals surface area contributed by atoms with Crippen molar-refractivity contribution >= 4 is 0 Å². The standard InChI is InChI=1S/C14H21N5O2/c1-4-12-17-13(21-18-12)8-15-11-5-6-20-14(11)10-7-16-19(3)9(10)2/h7,11,14-15H,4-6,8H2,1-3H3/t11-,14+/m0/s1. The summed E-state index contributed by atoms with van der Waals surface area (Å²) in [5.74, 6) is 1.37. The van der Waals surface area contributed by atoms with E-state index in [9.17, 15) is 0 Å². The summed E-state index contributed by atoms with van der Waals surface area (Å²) < 4.78 is 13.0. The zero-order valence-corrected chi connectivity index (χ0v) is 12.7. The fourth-order valence-corrected chi connectivity index (χ4v) is 2.62. The summed E-state index contributed by atoms with van der Waals surface area (Å²) in [6, 6.07) is 0.241. The highest BCUT2D eigenvalue weighted by molar-refractivity contribution is 5.21. The molecule has 0 aromatic carbocycles. The molecular formula is C14H21N5O2. The number of ether oxygens (including phenoxy) is 1. The number of aryl methyl sites for hydroxylation is 2. The van der Waals surface area contributed by atoms with E-state index in [2.05, 4.69) is 27.5 Å². The maximum absolute atomic E-state index is 5.88. The van der Waals surface area contributed by atoms with Gasteiger partial charge in [-0.3, -0.25) is 4.68 Å². The molecule has 2 atom stereocenters. The van der Waals surface area contributed by atoms with Crippen LogP contribution in [-0.2, 0) is 24.8 Å². The molecule has 0 radical (unpaired) electrons. The van der Waals surface area contributed by atoms with Gasteiger partial charge in [-0.15, -0.1) is 0 Å². The van der Waals surface area contributed by atoms with Crippen LogP contribution < -0.4 is 5.32 Å². The second-order valence-corrected chi connectivity index (χ2v) is 5.33. The van der Waals surface area contributed by atoms with E-state index in [0.29, 0.717) is 12.4 Å². The number of nitrogens with zero attached hydrogens (tertiary/aromatic N) is 4. The van der Waals surface area contributed by atoms with Crippen LogP contribution in [0.15, 0.2) is 10.7 Å². The molecule has 0 aliphatic carbocycles. The van der Waals surface area contributed by atoms with Gasteiger partial charge >= 0.3 is 0 Å². The van der Waals surface area contributed by atoms with Gasteiger partial charge in [-0.1, -0.05) is 12.1 Å². The molecule has 2 aromatic rings. The Kier molecular flexibility index (Phi) is 4.03. The van der Waals surface area contributed by atoms with E-state index >= 15 is 0 Å². The van der Waals surface area contributed by atoms with E-state index < -0.39 is 0 Å². The molecule has 1 N–H and O–H groups in total. The highest BCUT2D eigenvalue weighted by Crippen LogP contribution is 2.31. The Morgan fingerprint density at radius 2 is 2.33 bits per heavy atom. The molecule has 1 fully saturated rings. The van der Waals surface area contributed by atoms with Gasteiger partial charge in [-0.25, -0.2) is 0 Å². The summed E-state index contributed by atoms with van der Waals surface area (Å²) in [6.07, 6.45) is 3.68. The zero-order chi connectivity index (χ0) is 14.8. The van der Waals surface area contributed by atoms with Crippen molar-refractivity contribution in [2.24, 2.45) is 7.05 Å².